The number of hydrogen-bond donors (Lipinski definition) is 2. The van der Waals surface area contributed by atoms with Gasteiger partial charge in [-0.2, -0.15) is 0 Å². The molecule has 3 atom stereocenters. The molecular weight excluding hydrogens is 328 g/mol. The summed E-state index contributed by atoms with van der Waals surface area (Å²) in [5.41, 5.74) is -0.184. The number of benzene rings is 2. The highest BCUT2D eigenvalue weighted by Gasteiger charge is 2.75. The molecule has 0 spiro atoms. The van der Waals surface area contributed by atoms with E-state index in [0.29, 0.717) is 5.56 Å². The third-order valence-electron chi connectivity index (χ3n) is 4.76. The number of sulfone groups is 1. The molecule has 0 radical (unpaired) electrons. The quantitative estimate of drug-likeness (QED) is 0.864. The molecule has 1 aliphatic rings. The maximum absolute atomic E-state index is 13.0. The van der Waals surface area contributed by atoms with Gasteiger partial charge in [-0.1, -0.05) is 48.0 Å². The summed E-state index contributed by atoms with van der Waals surface area (Å²) in [5, 5.41) is 18.2. The second-order valence-corrected chi connectivity index (χ2v) is 8.24. The Morgan fingerprint density at radius 3 is 2.17 bits per heavy atom. The number of carboxylic acids is 1. The lowest BCUT2D eigenvalue weighted by Gasteiger charge is -2.09. The SMILES string of the molecule is Cc1ccc(S(=O)(=O)[C@H]2[C@H](c3ccccc3)[C@@]2(CO)C(=O)O)cc1. The summed E-state index contributed by atoms with van der Waals surface area (Å²) in [6.45, 7) is 1.12. The second-order valence-electron chi connectivity index (χ2n) is 6.17. The van der Waals surface area contributed by atoms with Gasteiger partial charge in [-0.3, -0.25) is 4.79 Å². The third-order valence-corrected chi connectivity index (χ3v) is 7.05. The van der Waals surface area contributed by atoms with Crippen molar-refractivity contribution < 1.29 is 23.4 Å². The predicted octanol–water partition coefficient (Wildman–Crippen LogP) is 2.00. The fourth-order valence-electron chi connectivity index (χ4n) is 3.38. The number of carboxylic acid groups (broad SMARTS) is 1. The number of aliphatic hydroxyl groups excluding tert-OH is 1. The standard InChI is InChI=1S/C18H18O5S/c1-12-7-9-14(10-8-12)24(22,23)16-15(13-5-3-2-4-6-13)18(16,11-19)17(20)21/h2-10,15-16,19H,11H2,1H3,(H,20,21)/t15-,16-,18+/m0/s1. The van der Waals surface area contributed by atoms with Crippen molar-refractivity contribution in [2.45, 2.75) is 23.0 Å². The van der Waals surface area contributed by atoms with E-state index in [2.05, 4.69) is 0 Å². The second kappa shape index (κ2) is 5.72. The van der Waals surface area contributed by atoms with Gasteiger partial charge in [0, 0.05) is 5.92 Å². The van der Waals surface area contributed by atoms with E-state index >= 15 is 0 Å². The Balaban J connectivity index is 2.11. The van der Waals surface area contributed by atoms with E-state index in [4.69, 9.17) is 0 Å². The van der Waals surface area contributed by atoms with Crippen LogP contribution in [0.1, 0.15) is 17.0 Å². The van der Waals surface area contributed by atoms with Crippen LogP contribution < -0.4 is 0 Å². The van der Waals surface area contributed by atoms with Crippen molar-refractivity contribution in [1.29, 1.82) is 0 Å². The number of hydrogen-bond acceptors (Lipinski definition) is 4. The van der Waals surface area contributed by atoms with Crippen LogP contribution in [0.2, 0.25) is 0 Å². The van der Waals surface area contributed by atoms with Crippen LogP contribution in [0.5, 0.6) is 0 Å². The normalized spacial score (nSPS) is 26.1. The van der Waals surface area contributed by atoms with Gasteiger partial charge in [0.1, 0.15) is 5.41 Å². The summed E-state index contributed by atoms with van der Waals surface area (Å²) in [7, 11) is -3.89. The molecule has 0 amide bonds. The minimum absolute atomic E-state index is 0.0793. The van der Waals surface area contributed by atoms with Crippen molar-refractivity contribution in [1.82, 2.24) is 0 Å². The topological polar surface area (TPSA) is 91.7 Å². The summed E-state index contributed by atoms with van der Waals surface area (Å²) >= 11 is 0. The molecule has 0 heterocycles. The van der Waals surface area contributed by atoms with Crippen molar-refractivity contribution in [2.75, 3.05) is 6.61 Å². The van der Waals surface area contributed by atoms with Crippen molar-refractivity contribution in [3.8, 4) is 0 Å². The minimum Gasteiger partial charge on any atom is -0.481 e. The molecule has 0 unspecified atom stereocenters. The van der Waals surface area contributed by atoms with Gasteiger partial charge in [0.15, 0.2) is 9.84 Å². The lowest BCUT2D eigenvalue weighted by Crippen LogP contribution is -2.27. The Bertz CT molecular complexity index is 858. The predicted molar refractivity (Wildman–Crippen MR) is 88.5 cm³/mol. The van der Waals surface area contributed by atoms with Gasteiger partial charge in [-0.25, -0.2) is 8.42 Å². The van der Waals surface area contributed by atoms with Gasteiger partial charge < -0.3 is 10.2 Å². The molecule has 0 aliphatic heterocycles. The first-order chi connectivity index (χ1) is 11.4. The van der Waals surface area contributed by atoms with Crippen molar-refractivity contribution in [3.05, 3.63) is 65.7 Å². The van der Waals surface area contributed by atoms with Crippen LogP contribution in [0.3, 0.4) is 0 Å². The number of rotatable bonds is 5. The molecular formula is C18H18O5S. The third kappa shape index (κ3) is 2.34. The van der Waals surface area contributed by atoms with Crippen LogP contribution >= 0.6 is 0 Å². The molecule has 0 saturated heterocycles. The van der Waals surface area contributed by atoms with Crippen LogP contribution in [0.15, 0.2) is 59.5 Å². The van der Waals surface area contributed by atoms with Gasteiger partial charge in [0.05, 0.1) is 16.8 Å². The van der Waals surface area contributed by atoms with Crippen LogP contribution in [0, 0.1) is 12.3 Å². The van der Waals surface area contributed by atoms with E-state index in [0.717, 1.165) is 5.56 Å². The van der Waals surface area contributed by atoms with Gasteiger partial charge >= 0.3 is 5.97 Å². The van der Waals surface area contributed by atoms with Gasteiger partial charge in [-0.15, -0.1) is 0 Å². The maximum Gasteiger partial charge on any atom is 0.314 e. The Kier molecular flexibility index (Phi) is 3.97. The van der Waals surface area contributed by atoms with Crippen LogP contribution in [0.4, 0.5) is 0 Å². The van der Waals surface area contributed by atoms with Crippen molar-refractivity contribution >= 4 is 15.8 Å². The van der Waals surface area contributed by atoms with E-state index in [9.17, 15) is 23.4 Å². The van der Waals surface area contributed by atoms with Gasteiger partial charge in [0.25, 0.3) is 0 Å². The first-order valence-corrected chi connectivity index (χ1v) is 9.10. The number of aliphatic hydroxyl groups is 1. The molecule has 0 bridgehead atoms. The molecule has 5 nitrogen and oxygen atoms in total. The Morgan fingerprint density at radius 1 is 1.08 bits per heavy atom. The molecule has 24 heavy (non-hydrogen) atoms. The maximum atomic E-state index is 13.0. The lowest BCUT2D eigenvalue weighted by atomic mass is 10.0. The van der Waals surface area contributed by atoms with E-state index in [1.165, 1.54) is 12.1 Å². The number of aliphatic carboxylic acids is 1. The van der Waals surface area contributed by atoms with Crippen LogP contribution in [0.25, 0.3) is 0 Å². The van der Waals surface area contributed by atoms with E-state index in [1.54, 1.807) is 42.5 Å². The summed E-state index contributed by atoms with van der Waals surface area (Å²) < 4.78 is 26.0. The molecule has 3 rings (SSSR count). The lowest BCUT2D eigenvalue weighted by molar-refractivity contribution is -0.145. The molecule has 6 heteroatoms. The first kappa shape index (κ1) is 16.7. The smallest absolute Gasteiger partial charge is 0.314 e. The van der Waals surface area contributed by atoms with Gasteiger partial charge in [0.2, 0.25) is 0 Å². The minimum atomic E-state index is -3.89. The molecule has 1 saturated carbocycles. The van der Waals surface area contributed by atoms with Crippen LogP contribution in [-0.4, -0.2) is 36.5 Å². The van der Waals surface area contributed by atoms with Crippen LogP contribution in [-0.2, 0) is 14.6 Å². The zero-order valence-corrected chi connectivity index (χ0v) is 13.9. The summed E-state index contributed by atoms with van der Waals surface area (Å²) in [6.07, 6.45) is 0. The summed E-state index contributed by atoms with van der Waals surface area (Å²) in [6, 6.07) is 14.9. The molecule has 0 aromatic heterocycles. The molecule has 2 aromatic carbocycles. The molecule has 1 fully saturated rings. The summed E-state index contributed by atoms with van der Waals surface area (Å²) in [5.74, 6) is -2.06. The van der Waals surface area contributed by atoms with Gasteiger partial charge in [-0.05, 0) is 24.6 Å². The zero-order valence-electron chi connectivity index (χ0n) is 13.1. The van der Waals surface area contributed by atoms with Crippen molar-refractivity contribution in [2.24, 2.45) is 5.41 Å². The van der Waals surface area contributed by atoms with E-state index in [-0.39, 0.29) is 4.90 Å². The molecule has 126 valence electrons. The highest BCUT2D eigenvalue weighted by molar-refractivity contribution is 7.92. The Labute approximate surface area is 140 Å². The fourth-order valence-corrected chi connectivity index (χ4v) is 5.74. The zero-order chi connectivity index (χ0) is 17.5. The average molecular weight is 346 g/mol. The molecule has 2 N–H and O–H groups in total. The first-order valence-electron chi connectivity index (χ1n) is 7.55. The number of carbonyl (C=O) groups is 1. The Morgan fingerprint density at radius 2 is 1.67 bits per heavy atom. The Hall–Kier alpha value is -2.18. The van der Waals surface area contributed by atoms with E-state index in [1.807, 2.05) is 6.92 Å². The number of aryl methyl sites for hydroxylation is 1. The highest BCUT2D eigenvalue weighted by atomic mass is 32.2. The largest absolute Gasteiger partial charge is 0.481 e. The molecule has 1 aliphatic carbocycles. The van der Waals surface area contributed by atoms with Crippen molar-refractivity contribution in [3.63, 3.8) is 0 Å². The molecule has 2 aromatic rings. The average Bonchev–Trinajstić information content (AvgIpc) is 3.28. The monoisotopic (exact) mass is 346 g/mol. The highest BCUT2D eigenvalue weighted by Crippen LogP contribution is 2.63. The van der Waals surface area contributed by atoms with E-state index < -0.39 is 39.0 Å². The fraction of sp³-hybridized carbons (Fsp3) is 0.278. The summed E-state index contributed by atoms with van der Waals surface area (Å²) in [4.78, 5) is 11.9.